The number of phenolic OH excluding ortho intramolecular Hbond substituents is 2. The van der Waals surface area contributed by atoms with E-state index in [1.807, 2.05) is 6.07 Å². The lowest BCUT2D eigenvalue weighted by Crippen LogP contribution is -2.25. The predicted octanol–water partition coefficient (Wildman–Crippen LogP) is 2.54. The van der Waals surface area contributed by atoms with Crippen molar-refractivity contribution in [1.82, 2.24) is 0 Å². The summed E-state index contributed by atoms with van der Waals surface area (Å²) in [6.07, 6.45) is -0.0166. The number of Topliss-reactive ketones (excluding diaryl/α,β-unsaturated/α-hetero) is 2. The number of aromatic hydroxyl groups is 2. The maximum Gasteiger partial charge on any atom is 0.198 e. The maximum atomic E-state index is 13.0. The molecular formula is C21H17NO6. The van der Waals surface area contributed by atoms with Crippen LogP contribution >= 0.6 is 0 Å². The molecule has 0 fully saturated rings. The largest absolute Gasteiger partial charge is 0.507 e. The first-order chi connectivity index (χ1) is 13.3. The Morgan fingerprint density at radius 2 is 1.93 bits per heavy atom. The molecular weight excluding hydrogens is 362 g/mol. The molecule has 0 bridgehead atoms. The van der Waals surface area contributed by atoms with Gasteiger partial charge in [0.25, 0.3) is 0 Å². The highest BCUT2D eigenvalue weighted by Gasteiger charge is 2.34. The normalized spacial score (nSPS) is 15.5. The zero-order valence-corrected chi connectivity index (χ0v) is 15.3. The quantitative estimate of drug-likeness (QED) is 0.618. The van der Waals surface area contributed by atoms with Crippen molar-refractivity contribution in [1.29, 1.82) is 5.26 Å². The number of fused-ring (bicyclic) bond motifs is 1. The molecule has 0 amide bonds. The molecule has 0 aromatic heterocycles. The zero-order chi connectivity index (χ0) is 20.6. The van der Waals surface area contributed by atoms with Gasteiger partial charge in [-0.15, -0.1) is 0 Å². The van der Waals surface area contributed by atoms with Gasteiger partial charge < -0.3 is 14.9 Å². The van der Waals surface area contributed by atoms with Crippen molar-refractivity contribution in [2.75, 3.05) is 7.11 Å². The van der Waals surface area contributed by atoms with Crippen molar-refractivity contribution < 1.29 is 29.3 Å². The van der Waals surface area contributed by atoms with Gasteiger partial charge in [0.15, 0.2) is 11.6 Å². The van der Waals surface area contributed by atoms with Gasteiger partial charge in [-0.1, -0.05) is 6.07 Å². The minimum Gasteiger partial charge on any atom is -0.507 e. The first-order valence-corrected chi connectivity index (χ1v) is 8.53. The standard InChI is InChI=1S/C21H17NO6/c1-10(23)11-6-13-19(16(24)7-11)17(25)8-14(21(13)27)20(26)12-4-3-5-18(28-2)15(12)9-22/h3-5,8,11,25,27H,6-7H2,1-2H3. The van der Waals surface area contributed by atoms with Gasteiger partial charge in [0.2, 0.25) is 0 Å². The first kappa shape index (κ1) is 19.1. The fourth-order valence-electron chi connectivity index (χ4n) is 3.48. The van der Waals surface area contributed by atoms with Crippen molar-refractivity contribution in [2.24, 2.45) is 5.92 Å². The summed E-state index contributed by atoms with van der Waals surface area (Å²) in [6, 6.07) is 7.37. The van der Waals surface area contributed by atoms with Gasteiger partial charge in [0, 0.05) is 23.5 Å². The van der Waals surface area contributed by atoms with Gasteiger partial charge in [-0.25, -0.2) is 0 Å². The summed E-state index contributed by atoms with van der Waals surface area (Å²) in [7, 11) is 1.36. The summed E-state index contributed by atoms with van der Waals surface area (Å²) in [4.78, 5) is 37.1. The van der Waals surface area contributed by atoms with Crippen LogP contribution in [0.1, 0.15) is 50.8 Å². The van der Waals surface area contributed by atoms with E-state index in [1.165, 1.54) is 32.2 Å². The lowest BCUT2D eigenvalue weighted by molar-refractivity contribution is -0.120. The van der Waals surface area contributed by atoms with Crippen LogP contribution < -0.4 is 4.74 Å². The van der Waals surface area contributed by atoms with E-state index in [2.05, 4.69) is 0 Å². The second-order valence-electron chi connectivity index (χ2n) is 6.61. The van der Waals surface area contributed by atoms with Crippen LogP contribution in [-0.2, 0) is 11.2 Å². The van der Waals surface area contributed by atoms with Gasteiger partial charge in [-0.3, -0.25) is 14.4 Å². The third kappa shape index (κ3) is 2.99. The number of carbonyl (C=O) groups excluding carboxylic acids is 3. The number of hydrogen-bond donors (Lipinski definition) is 2. The third-order valence-electron chi connectivity index (χ3n) is 4.96. The molecule has 7 heteroatoms. The van der Waals surface area contributed by atoms with Crippen LogP contribution in [0.15, 0.2) is 24.3 Å². The van der Waals surface area contributed by atoms with Gasteiger partial charge >= 0.3 is 0 Å². The zero-order valence-electron chi connectivity index (χ0n) is 15.3. The molecule has 1 atom stereocenters. The molecule has 28 heavy (non-hydrogen) atoms. The average Bonchev–Trinajstić information content (AvgIpc) is 2.68. The number of methoxy groups -OCH3 is 1. The van der Waals surface area contributed by atoms with E-state index in [4.69, 9.17) is 4.74 Å². The average molecular weight is 379 g/mol. The Hall–Kier alpha value is -3.66. The van der Waals surface area contributed by atoms with E-state index < -0.39 is 29.0 Å². The molecule has 1 aliphatic rings. The summed E-state index contributed by atoms with van der Waals surface area (Å²) in [5.41, 5.74) is -0.275. The SMILES string of the molecule is COc1cccc(C(=O)c2cc(O)c3c(c2O)CC(C(C)=O)CC3=O)c1C#N. The van der Waals surface area contributed by atoms with Crippen LogP contribution in [0, 0.1) is 17.2 Å². The molecule has 2 N–H and O–H groups in total. The summed E-state index contributed by atoms with van der Waals surface area (Å²) in [5, 5.41) is 30.4. The van der Waals surface area contributed by atoms with Crippen LogP contribution in [0.5, 0.6) is 17.2 Å². The topological polar surface area (TPSA) is 125 Å². The van der Waals surface area contributed by atoms with E-state index in [0.717, 1.165) is 6.07 Å². The number of hydrogen-bond acceptors (Lipinski definition) is 7. The summed E-state index contributed by atoms with van der Waals surface area (Å²) < 4.78 is 5.09. The summed E-state index contributed by atoms with van der Waals surface area (Å²) in [6.45, 7) is 1.35. The molecule has 1 unspecified atom stereocenters. The molecule has 0 saturated carbocycles. The number of ether oxygens (including phenoxy) is 1. The Morgan fingerprint density at radius 1 is 1.21 bits per heavy atom. The fraction of sp³-hybridized carbons (Fsp3) is 0.238. The van der Waals surface area contributed by atoms with Crippen molar-refractivity contribution in [3.05, 3.63) is 52.1 Å². The van der Waals surface area contributed by atoms with Crippen LogP contribution in [0.2, 0.25) is 0 Å². The summed E-state index contributed by atoms with van der Waals surface area (Å²) in [5.74, 6) is -2.72. The molecule has 2 aromatic rings. The molecule has 0 spiro atoms. The van der Waals surface area contributed by atoms with Crippen molar-refractivity contribution in [2.45, 2.75) is 19.8 Å². The Kier molecular flexibility index (Phi) is 4.89. The number of phenols is 2. The van der Waals surface area contributed by atoms with E-state index >= 15 is 0 Å². The highest BCUT2D eigenvalue weighted by Crippen LogP contribution is 2.41. The van der Waals surface area contributed by atoms with Crippen LogP contribution in [-0.4, -0.2) is 34.7 Å². The molecule has 0 heterocycles. The predicted molar refractivity (Wildman–Crippen MR) is 97.7 cm³/mol. The highest BCUT2D eigenvalue weighted by atomic mass is 16.5. The van der Waals surface area contributed by atoms with Crippen LogP contribution in [0.3, 0.4) is 0 Å². The van der Waals surface area contributed by atoms with Gasteiger partial charge in [0.1, 0.15) is 34.7 Å². The minimum atomic E-state index is -0.705. The number of ketones is 3. The Labute approximate surface area is 160 Å². The lowest BCUT2D eigenvalue weighted by atomic mass is 9.79. The number of nitriles is 1. The Morgan fingerprint density at radius 3 is 2.54 bits per heavy atom. The van der Waals surface area contributed by atoms with Crippen molar-refractivity contribution in [3.8, 4) is 23.3 Å². The number of carbonyl (C=O) groups is 3. The molecule has 1 aliphatic carbocycles. The monoisotopic (exact) mass is 379 g/mol. The van der Waals surface area contributed by atoms with Crippen molar-refractivity contribution >= 4 is 17.3 Å². The second kappa shape index (κ2) is 7.16. The van der Waals surface area contributed by atoms with Crippen molar-refractivity contribution in [3.63, 3.8) is 0 Å². The molecule has 2 aromatic carbocycles. The lowest BCUT2D eigenvalue weighted by Gasteiger charge is -2.24. The van der Waals surface area contributed by atoms with E-state index in [0.29, 0.717) is 0 Å². The third-order valence-corrected chi connectivity index (χ3v) is 4.96. The molecule has 142 valence electrons. The number of nitrogens with zero attached hydrogens (tertiary/aromatic N) is 1. The molecule has 7 nitrogen and oxygen atoms in total. The van der Waals surface area contributed by atoms with E-state index in [-0.39, 0.29) is 52.2 Å². The molecule has 0 aliphatic heterocycles. The van der Waals surface area contributed by atoms with Crippen LogP contribution in [0.4, 0.5) is 0 Å². The highest BCUT2D eigenvalue weighted by molar-refractivity contribution is 6.14. The minimum absolute atomic E-state index is 0.00991. The van der Waals surface area contributed by atoms with Gasteiger partial charge in [-0.2, -0.15) is 5.26 Å². The number of rotatable bonds is 4. The smallest absolute Gasteiger partial charge is 0.198 e. The first-order valence-electron chi connectivity index (χ1n) is 8.53. The summed E-state index contributed by atoms with van der Waals surface area (Å²) >= 11 is 0. The fourth-order valence-corrected chi connectivity index (χ4v) is 3.48. The number of benzene rings is 2. The Balaban J connectivity index is 2.18. The second-order valence-corrected chi connectivity index (χ2v) is 6.61. The Bertz CT molecular complexity index is 1060. The van der Waals surface area contributed by atoms with Gasteiger partial charge in [-0.05, 0) is 31.5 Å². The molecule has 0 saturated heterocycles. The maximum absolute atomic E-state index is 13.0. The molecule has 0 radical (unpaired) electrons. The van der Waals surface area contributed by atoms with Crippen LogP contribution in [0.25, 0.3) is 0 Å². The van der Waals surface area contributed by atoms with Gasteiger partial charge in [0.05, 0.1) is 18.2 Å². The van der Waals surface area contributed by atoms with E-state index in [9.17, 15) is 29.9 Å². The molecule has 3 rings (SSSR count). The van der Waals surface area contributed by atoms with E-state index in [1.54, 1.807) is 0 Å².